The molecule has 1 saturated heterocycles. The number of hydrogen-bond acceptors (Lipinski definition) is 3. The Balaban J connectivity index is 2.47. The predicted molar refractivity (Wildman–Crippen MR) is 83.8 cm³/mol. The zero-order chi connectivity index (χ0) is 14.2. The fourth-order valence-electron chi connectivity index (χ4n) is 2.77. The lowest BCUT2D eigenvalue weighted by Crippen LogP contribution is -2.44. The number of benzene rings is 1. The Bertz CT molecular complexity index is 474. The predicted octanol–water partition coefficient (Wildman–Crippen LogP) is 4.89. The van der Waals surface area contributed by atoms with Gasteiger partial charge in [0.2, 0.25) is 0 Å². The lowest BCUT2D eigenvalue weighted by atomic mass is 9.96. The third kappa shape index (κ3) is 2.94. The van der Waals surface area contributed by atoms with Crippen LogP contribution in [0.3, 0.4) is 0 Å². The Labute approximate surface area is 129 Å². The summed E-state index contributed by atoms with van der Waals surface area (Å²) < 4.78 is 1.54. The largest absolute Gasteiger partial charge is 0.364 e. The van der Waals surface area contributed by atoms with Gasteiger partial charge in [-0.2, -0.15) is 0 Å². The second kappa shape index (κ2) is 5.79. The lowest BCUT2D eigenvalue weighted by Gasteiger charge is -2.41. The summed E-state index contributed by atoms with van der Waals surface area (Å²) in [5.41, 5.74) is 1.12. The molecule has 104 valence electrons. The molecule has 0 spiro atoms. The second-order valence-corrected chi connectivity index (χ2v) is 6.76. The summed E-state index contributed by atoms with van der Waals surface area (Å²) in [5, 5.41) is 10.9. The van der Waals surface area contributed by atoms with Gasteiger partial charge in [-0.25, -0.2) is 0 Å². The van der Waals surface area contributed by atoms with E-state index in [1.54, 1.807) is 12.1 Å². The van der Waals surface area contributed by atoms with Crippen molar-refractivity contribution >= 4 is 43.2 Å². The van der Waals surface area contributed by atoms with Crippen LogP contribution in [0.15, 0.2) is 21.1 Å². The van der Waals surface area contributed by atoms with E-state index >= 15 is 0 Å². The van der Waals surface area contributed by atoms with Crippen molar-refractivity contribution in [3.63, 3.8) is 0 Å². The van der Waals surface area contributed by atoms with Gasteiger partial charge in [0.25, 0.3) is 5.69 Å². The van der Waals surface area contributed by atoms with Crippen LogP contribution in [-0.2, 0) is 0 Å². The molecule has 0 aliphatic carbocycles. The molecule has 0 radical (unpaired) electrons. The van der Waals surface area contributed by atoms with Crippen LogP contribution < -0.4 is 4.90 Å². The maximum Gasteiger partial charge on any atom is 0.271 e. The number of nitrogens with zero attached hydrogens (tertiary/aromatic N) is 2. The Kier molecular flexibility index (Phi) is 4.50. The number of nitro benzene ring substituents is 1. The fraction of sp³-hybridized carbons (Fsp3) is 0.538. The number of rotatable bonds is 2. The summed E-state index contributed by atoms with van der Waals surface area (Å²) in [5.74, 6) is 0. The van der Waals surface area contributed by atoms with E-state index in [4.69, 9.17) is 0 Å². The number of anilines is 1. The average Bonchev–Trinajstić information content (AvgIpc) is 2.31. The molecular formula is C13H16Br2N2O2. The molecule has 0 aromatic heterocycles. The molecule has 2 atom stereocenters. The molecule has 19 heavy (non-hydrogen) atoms. The summed E-state index contributed by atoms with van der Waals surface area (Å²) in [6.45, 7) is 4.41. The van der Waals surface area contributed by atoms with Crippen LogP contribution in [0.25, 0.3) is 0 Å². The zero-order valence-corrected chi connectivity index (χ0v) is 14.1. The normalized spacial score (nSPS) is 23.5. The molecule has 1 aromatic carbocycles. The summed E-state index contributed by atoms with van der Waals surface area (Å²) >= 11 is 6.96. The molecule has 2 unspecified atom stereocenters. The van der Waals surface area contributed by atoms with Crippen molar-refractivity contribution in [1.29, 1.82) is 0 Å². The summed E-state index contributed by atoms with van der Waals surface area (Å²) in [4.78, 5) is 12.8. The standard InChI is InChI=1S/C13H16Br2N2O2/c1-8-4-3-5-9(2)16(8)13-11(14)6-10(17(18)19)7-12(13)15/h6-9H,3-5H2,1-2H3. The Morgan fingerprint density at radius 3 is 2.11 bits per heavy atom. The smallest absolute Gasteiger partial charge is 0.271 e. The first-order valence-electron chi connectivity index (χ1n) is 6.33. The van der Waals surface area contributed by atoms with Crippen molar-refractivity contribution in [2.75, 3.05) is 4.90 Å². The Morgan fingerprint density at radius 2 is 1.68 bits per heavy atom. The van der Waals surface area contributed by atoms with Gasteiger partial charge in [0.1, 0.15) is 0 Å². The van der Waals surface area contributed by atoms with Crippen LogP contribution in [0.5, 0.6) is 0 Å². The van der Waals surface area contributed by atoms with Crippen molar-refractivity contribution in [3.05, 3.63) is 31.2 Å². The molecule has 6 heteroatoms. The first kappa shape index (κ1) is 14.8. The van der Waals surface area contributed by atoms with Gasteiger partial charge in [0, 0.05) is 33.2 Å². The molecule has 0 N–H and O–H groups in total. The number of piperidine rings is 1. The average molecular weight is 392 g/mol. The van der Waals surface area contributed by atoms with E-state index in [0.717, 1.165) is 27.5 Å². The molecule has 1 aliphatic heterocycles. The maximum absolute atomic E-state index is 10.9. The molecule has 2 rings (SSSR count). The van der Waals surface area contributed by atoms with Crippen LogP contribution >= 0.6 is 31.9 Å². The van der Waals surface area contributed by atoms with E-state index < -0.39 is 0 Å². The number of non-ortho nitro benzene ring substituents is 1. The lowest BCUT2D eigenvalue weighted by molar-refractivity contribution is -0.385. The van der Waals surface area contributed by atoms with E-state index in [0.29, 0.717) is 12.1 Å². The zero-order valence-electron chi connectivity index (χ0n) is 10.9. The van der Waals surface area contributed by atoms with Crippen LogP contribution in [0.2, 0.25) is 0 Å². The van der Waals surface area contributed by atoms with Crippen molar-refractivity contribution in [2.24, 2.45) is 0 Å². The Morgan fingerprint density at radius 1 is 1.21 bits per heavy atom. The highest BCUT2D eigenvalue weighted by Crippen LogP contribution is 2.41. The van der Waals surface area contributed by atoms with Gasteiger partial charge in [-0.3, -0.25) is 10.1 Å². The number of halogens is 2. The van der Waals surface area contributed by atoms with E-state index in [1.807, 2.05) is 0 Å². The molecule has 1 heterocycles. The number of hydrogen-bond donors (Lipinski definition) is 0. The highest BCUT2D eigenvalue weighted by Gasteiger charge is 2.29. The Hall–Kier alpha value is -0.620. The summed E-state index contributed by atoms with van der Waals surface area (Å²) in [6.07, 6.45) is 3.54. The fourth-order valence-corrected chi connectivity index (χ4v) is 4.34. The highest BCUT2D eigenvalue weighted by molar-refractivity contribution is 9.11. The van der Waals surface area contributed by atoms with E-state index in [-0.39, 0.29) is 10.6 Å². The van der Waals surface area contributed by atoms with Crippen molar-refractivity contribution in [3.8, 4) is 0 Å². The molecule has 1 aliphatic rings. The van der Waals surface area contributed by atoms with E-state index in [1.165, 1.54) is 6.42 Å². The molecule has 0 saturated carbocycles. The molecular weight excluding hydrogens is 376 g/mol. The quantitative estimate of drug-likeness (QED) is 0.532. The van der Waals surface area contributed by atoms with Crippen molar-refractivity contribution in [1.82, 2.24) is 0 Å². The van der Waals surface area contributed by atoms with Crippen LogP contribution in [0, 0.1) is 10.1 Å². The van der Waals surface area contributed by atoms with Crippen LogP contribution in [0.4, 0.5) is 11.4 Å². The minimum Gasteiger partial charge on any atom is -0.364 e. The SMILES string of the molecule is CC1CCCC(C)N1c1c(Br)cc([N+](=O)[O-])cc1Br. The molecule has 0 bridgehead atoms. The van der Waals surface area contributed by atoms with Gasteiger partial charge in [-0.1, -0.05) is 0 Å². The molecule has 1 fully saturated rings. The van der Waals surface area contributed by atoms with Gasteiger partial charge in [-0.05, 0) is 65.0 Å². The highest BCUT2D eigenvalue weighted by atomic mass is 79.9. The van der Waals surface area contributed by atoms with Gasteiger partial charge in [0.15, 0.2) is 0 Å². The molecule has 1 aromatic rings. The maximum atomic E-state index is 10.9. The minimum atomic E-state index is -0.373. The summed E-state index contributed by atoms with van der Waals surface area (Å²) in [6, 6.07) is 4.04. The third-order valence-corrected chi connectivity index (χ3v) is 4.87. The van der Waals surface area contributed by atoms with Crippen molar-refractivity contribution < 1.29 is 4.92 Å². The third-order valence-electron chi connectivity index (χ3n) is 3.66. The monoisotopic (exact) mass is 390 g/mol. The van der Waals surface area contributed by atoms with E-state index in [2.05, 4.69) is 50.6 Å². The van der Waals surface area contributed by atoms with Gasteiger partial charge in [-0.15, -0.1) is 0 Å². The molecule has 0 amide bonds. The summed E-state index contributed by atoms with van der Waals surface area (Å²) in [7, 11) is 0. The van der Waals surface area contributed by atoms with E-state index in [9.17, 15) is 10.1 Å². The van der Waals surface area contributed by atoms with Crippen LogP contribution in [0.1, 0.15) is 33.1 Å². The first-order valence-corrected chi connectivity index (χ1v) is 7.92. The molecule has 4 nitrogen and oxygen atoms in total. The first-order chi connectivity index (χ1) is 8.91. The van der Waals surface area contributed by atoms with Crippen LogP contribution in [-0.4, -0.2) is 17.0 Å². The van der Waals surface area contributed by atoms with Gasteiger partial charge < -0.3 is 4.90 Å². The topological polar surface area (TPSA) is 46.4 Å². The van der Waals surface area contributed by atoms with Gasteiger partial charge in [0.05, 0.1) is 10.6 Å². The number of nitro groups is 1. The minimum absolute atomic E-state index is 0.0971. The van der Waals surface area contributed by atoms with Crippen molar-refractivity contribution in [2.45, 2.75) is 45.2 Å². The second-order valence-electron chi connectivity index (χ2n) is 5.05. The van der Waals surface area contributed by atoms with Gasteiger partial charge >= 0.3 is 0 Å².